The molecule has 0 saturated carbocycles. The highest BCUT2D eigenvalue weighted by Crippen LogP contribution is 2.01. The quantitative estimate of drug-likeness (QED) is 0.509. The Labute approximate surface area is 71.2 Å². The van der Waals surface area contributed by atoms with Crippen molar-refractivity contribution in [2.75, 3.05) is 6.54 Å². The molecule has 0 aromatic heterocycles. The first-order valence-electron chi connectivity index (χ1n) is 4.09. The summed E-state index contributed by atoms with van der Waals surface area (Å²) in [5, 5.41) is 6.00. The first kappa shape index (κ1) is 9.17. The van der Waals surface area contributed by atoms with Crippen LogP contribution in [0.3, 0.4) is 0 Å². The minimum atomic E-state index is 0.740. The van der Waals surface area contributed by atoms with Crippen molar-refractivity contribution < 1.29 is 0 Å². The van der Waals surface area contributed by atoms with Crippen molar-refractivity contribution in [1.82, 2.24) is 15.0 Å². The van der Waals surface area contributed by atoms with Crippen LogP contribution in [0.15, 0.2) is 0 Å². The van der Waals surface area contributed by atoms with Gasteiger partial charge in [0, 0.05) is 0 Å². The molecule has 1 heterocycles. The minimum Gasteiger partial charge on any atom is -0.379 e. The lowest BCUT2D eigenvalue weighted by atomic mass is 9.80. The fraction of sp³-hybridized carbons (Fsp3) is 1.00. The van der Waals surface area contributed by atoms with Crippen molar-refractivity contribution in [3.8, 4) is 0 Å². The van der Waals surface area contributed by atoms with E-state index in [0.717, 1.165) is 12.5 Å². The SMILES string of the molecule is CCC(C)CN1[B]N[B]N[B]1. The molecule has 1 unspecified atom stereocenters. The molecule has 0 spiro atoms. The number of nitrogens with zero attached hydrogens (tertiary/aromatic N) is 1. The highest BCUT2D eigenvalue weighted by atomic mass is 15.1. The molecule has 1 saturated heterocycles. The van der Waals surface area contributed by atoms with Crippen LogP contribution in [0.1, 0.15) is 20.3 Å². The molecule has 1 aliphatic heterocycles. The van der Waals surface area contributed by atoms with Crippen LogP contribution in [0.4, 0.5) is 0 Å². The topological polar surface area (TPSA) is 27.3 Å². The third kappa shape index (κ3) is 3.32. The minimum absolute atomic E-state index is 0.740. The number of rotatable bonds is 3. The van der Waals surface area contributed by atoms with Gasteiger partial charge in [0.1, 0.15) is 0 Å². The zero-order valence-corrected chi connectivity index (χ0v) is 7.17. The molecule has 57 valence electrons. The molecule has 11 heavy (non-hydrogen) atoms. The van der Waals surface area contributed by atoms with Crippen LogP contribution in [0, 0.1) is 5.92 Å². The first-order valence-corrected chi connectivity index (χ1v) is 4.09. The summed E-state index contributed by atoms with van der Waals surface area (Å²) in [7, 11) is 5.72. The van der Waals surface area contributed by atoms with Crippen molar-refractivity contribution in [2.45, 2.75) is 20.3 Å². The highest BCUT2D eigenvalue weighted by Gasteiger charge is 2.15. The second-order valence-corrected chi connectivity index (χ2v) is 2.95. The number of hydrogen-bond acceptors (Lipinski definition) is 3. The Kier molecular flexibility index (Phi) is 4.04. The Bertz CT molecular complexity index is 107. The molecule has 1 atom stereocenters. The largest absolute Gasteiger partial charge is 0.379 e. The summed E-state index contributed by atoms with van der Waals surface area (Å²) in [5.74, 6) is 0.740. The summed E-state index contributed by atoms with van der Waals surface area (Å²) in [6.45, 7) is 5.53. The molecule has 6 heteroatoms. The molecule has 3 nitrogen and oxygen atoms in total. The Morgan fingerprint density at radius 3 is 2.55 bits per heavy atom. The number of nitrogens with one attached hydrogen (secondary N) is 2. The van der Waals surface area contributed by atoms with Crippen LogP contribution >= 0.6 is 0 Å². The van der Waals surface area contributed by atoms with E-state index in [1.807, 2.05) is 15.1 Å². The van der Waals surface area contributed by atoms with Crippen LogP contribution in [-0.4, -0.2) is 33.9 Å². The van der Waals surface area contributed by atoms with Crippen molar-refractivity contribution in [3.05, 3.63) is 0 Å². The van der Waals surface area contributed by atoms with Gasteiger partial charge >= 0.3 is 0 Å². The van der Waals surface area contributed by atoms with Crippen molar-refractivity contribution in [3.63, 3.8) is 0 Å². The van der Waals surface area contributed by atoms with Crippen LogP contribution < -0.4 is 10.3 Å². The van der Waals surface area contributed by atoms with Gasteiger partial charge in [-0.3, -0.25) is 0 Å². The summed E-state index contributed by atoms with van der Waals surface area (Å²) in [6, 6.07) is 0. The second-order valence-electron chi connectivity index (χ2n) is 2.95. The molecule has 3 radical (unpaired) electrons. The van der Waals surface area contributed by atoms with Gasteiger partial charge in [-0.15, -0.1) is 0 Å². The molecule has 0 aromatic rings. The average molecular weight is 148 g/mol. The van der Waals surface area contributed by atoms with E-state index in [0.29, 0.717) is 0 Å². The molecule has 0 amide bonds. The Morgan fingerprint density at radius 1 is 1.36 bits per heavy atom. The van der Waals surface area contributed by atoms with E-state index in [1.165, 1.54) is 6.42 Å². The molecule has 0 aromatic carbocycles. The average Bonchev–Trinajstić information content (AvgIpc) is 2.06. The smallest absolute Gasteiger partial charge is 0.287 e. The maximum Gasteiger partial charge on any atom is 0.287 e. The zero-order chi connectivity index (χ0) is 8.10. The summed E-state index contributed by atoms with van der Waals surface area (Å²) >= 11 is 0. The van der Waals surface area contributed by atoms with Crippen LogP contribution in [0.5, 0.6) is 0 Å². The number of hydrogen-bond donors (Lipinski definition) is 2. The highest BCUT2D eigenvalue weighted by molar-refractivity contribution is 6.65. The molecular weight excluding hydrogens is 135 g/mol. The molecule has 0 bridgehead atoms. The lowest BCUT2D eigenvalue weighted by Gasteiger charge is -2.27. The van der Waals surface area contributed by atoms with E-state index in [2.05, 4.69) is 28.8 Å². The van der Waals surface area contributed by atoms with Gasteiger partial charge in [-0.25, -0.2) is 0 Å². The maximum atomic E-state index is 3.00. The Balaban J connectivity index is 2.13. The lowest BCUT2D eigenvalue weighted by Crippen LogP contribution is -2.58. The fourth-order valence-electron chi connectivity index (χ4n) is 0.946. The lowest BCUT2D eigenvalue weighted by molar-refractivity contribution is 0.469. The third-order valence-corrected chi connectivity index (χ3v) is 1.87. The summed E-state index contributed by atoms with van der Waals surface area (Å²) < 4.78 is 2.12. The Hall–Kier alpha value is 0.0748. The van der Waals surface area contributed by atoms with Crippen LogP contribution in [0.25, 0.3) is 0 Å². The van der Waals surface area contributed by atoms with Crippen molar-refractivity contribution in [1.29, 1.82) is 0 Å². The summed E-state index contributed by atoms with van der Waals surface area (Å²) in [4.78, 5) is 0. The van der Waals surface area contributed by atoms with Gasteiger partial charge in [-0.05, 0) is 12.5 Å². The van der Waals surface area contributed by atoms with E-state index in [-0.39, 0.29) is 0 Å². The monoisotopic (exact) mass is 148 g/mol. The van der Waals surface area contributed by atoms with E-state index in [9.17, 15) is 0 Å². The molecule has 1 rings (SSSR count). The molecule has 2 N–H and O–H groups in total. The maximum absolute atomic E-state index is 3.00. The van der Waals surface area contributed by atoms with E-state index in [4.69, 9.17) is 0 Å². The van der Waals surface area contributed by atoms with Crippen LogP contribution in [-0.2, 0) is 0 Å². The van der Waals surface area contributed by atoms with E-state index in [1.54, 1.807) is 7.55 Å². The summed E-state index contributed by atoms with van der Waals surface area (Å²) in [5.41, 5.74) is 0. The van der Waals surface area contributed by atoms with E-state index < -0.39 is 0 Å². The fourth-order valence-corrected chi connectivity index (χ4v) is 0.946. The predicted octanol–water partition coefficient (Wildman–Crippen LogP) is -0.870. The Morgan fingerprint density at radius 2 is 2.00 bits per heavy atom. The molecule has 1 aliphatic rings. The first-order chi connectivity index (χ1) is 5.33. The van der Waals surface area contributed by atoms with Gasteiger partial charge < -0.3 is 15.0 Å². The molecule has 0 aliphatic carbocycles. The summed E-state index contributed by atoms with van der Waals surface area (Å²) in [6.07, 6.45) is 1.22. The van der Waals surface area contributed by atoms with Gasteiger partial charge in [-0.1, -0.05) is 20.3 Å². The van der Waals surface area contributed by atoms with Crippen molar-refractivity contribution in [2.24, 2.45) is 5.92 Å². The van der Waals surface area contributed by atoms with Gasteiger partial charge in [0.2, 0.25) is 0 Å². The zero-order valence-electron chi connectivity index (χ0n) is 7.17. The van der Waals surface area contributed by atoms with Crippen LogP contribution in [0.2, 0.25) is 0 Å². The van der Waals surface area contributed by atoms with Gasteiger partial charge in [0.05, 0.1) is 0 Å². The second kappa shape index (κ2) is 4.85. The third-order valence-electron chi connectivity index (χ3n) is 1.87. The molecule has 1 fully saturated rings. The van der Waals surface area contributed by atoms with Crippen molar-refractivity contribution >= 4 is 22.6 Å². The van der Waals surface area contributed by atoms with E-state index >= 15 is 0 Å². The molecular formula is C5H13B3N3. The van der Waals surface area contributed by atoms with Gasteiger partial charge in [0.15, 0.2) is 0 Å². The predicted molar refractivity (Wildman–Crippen MR) is 49.7 cm³/mol. The van der Waals surface area contributed by atoms with Gasteiger partial charge in [0.25, 0.3) is 22.6 Å². The van der Waals surface area contributed by atoms with Gasteiger partial charge in [-0.2, -0.15) is 0 Å². The normalized spacial score (nSPS) is 21.3. The standard InChI is InChI=1S/C5H13B3N3/c1-3-5(2)4-11-7-9-6-10-8-11/h5,9-10H,3-4H2,1-2H3.